The monoisotopic (exact) mass is 265 g/mol. The second-order valence-corrected chi connectivity index (χ2v) is 4.55. The first kappa shape index (κ1) is 13.7. The van der Waals surface area contributed by atoms with Crippen molar-refractivity contribution in [1.29, 1.82) is 0 Å². The average Bonchev–Trinajstić information content (AvgIpc) is 2.68. The normalized spacial score (nSPS) is 13.8. The van der Waals surface area contributed by atoms with Gasteiger partial charge >= 0.3 is 0 Å². The van der Waals surface area contributed by atoms with Crippen molar-refractivity contribution < 1.29 is 19.4 Å². The largest absolute Gasteiger partial charge is 0.490 e. The fraction of sp³-hybridized carbons (Fsp3) is 0.500. The molecule has 0 bridgehead atoms. The van der Waals surface area contributed by atoms with Gasteiger partial charge in [0.05, 0.1) is 13.2 Å². The fourth-order valence-corrected chi connectivity index (χ4v) is 1.91. The Labute approximate surface area is 112 Å². The number of nitrogens with zero attached hydrogens (tertiary/aromatic N) is 1. The van der Waals surface area contributed by atoms with Gasteiger partial charge < -0.3 is 19.5 Å². The van der Waals surface area contributed by atoms with Crippen LogP contribution < -0.4 is 9.47 Å². The highest BCUT2D eigenvalue weighted by Gasteiger charge is 2.11. The Kier molecular flexibility index (Phi) is 4.63. The van der Waals surface area contributed by atoms with Crippen molar-refractivity contribution in [2.24, 2.45) is 0 Å². The fourth-order valence-electron chi connectivity index (χ4n) is 1.91. The molecule has 1 aliphatic heterocycles. The summed E-state index contributed by atoms with van der Waals surface area (Å²) in [5, 5.41) is 8.76. The first-order valence-corrected chi connectivity index (χ1v) is 6.44. The number of aliphatic hydroxyl groups excluding tert-OH is 1. The van der Waals surface area contributed by atoms with Crippen molar-refractivity contribution in [2.75, 3.05) is 33.4 Å². The van der Waals surface area contributed by atoms with E-state index in [-0.39, 0.29) is 5.91 Å². The third-order valence-corrected chi connectivity index (χ3v) is 3.11. The number of fused-ring (bicyclic) bond motifs is 1. The maximum absolute atomic E-state index is 11.2. The first-order chi connectivity index (χ1) is 9.20. The van der Waals surface area contributed by atoms with E-state index in [0.29, 0.717) is 19.8 Å². The molecule has 1 aromatic carbocycles. The number of carbonyl (C=O) groups excluding carboxylic acids is 1. The van der Waals surface area contributed by atoms with E-state index >= 15 is 0 Å². The number of hydrogen-bond donors (Lipinski definition) is 1. The third kappa shape index (κ3) is 3.61. The van der Waals surface area contributed by atoms with Crippen LogP contribution in [0.15, 0.2) is 18.2 Å². The first-order valence-electron chi connectivity index (χ1n) is 6.44. The zero-order valence-electron chi connectivity index (χ0n) is 11.1. The summed E-state index contributed by atoms with van der Waals surface area (Å²) in [5.41, 5.74) is 1.09. The highest BCUT2D eigenvalue weighted by molar-refractivity contribution is 5.76. The van der Waals surface area contributed by atoms with Gasteiger partial charge in [-0.25, -0.2) is 0 Å². The van der Waals surface area contributed by atoms with Crippen molar-refractivity contribution in [3.63, 3.8) is 0 Å². The molecule has 0 fully saturated rings. The standard InChI is InChI=1S/C14H19NO4/c1-15(14(17)10-16)6-5-11-3-4-12-13(9-11)19-8-2-7-18-12/h3-4,9,16H,2,5-8,10H2,1H3. The van der Waals surface area contributed by atoms with Crippen molar-refractivity contribution in [3.8, 4) is 11.5 Å². The molecule has 5 heteroatoms. The topological polar surface area (TPSA) is 59.0 Å². The summed E-state index contributed by atoms with van der Waals surface area (Å²) < 4.78 is 11.2. The summed E-state index contributed by atoms with van der Waals surface area (Å²) in [6, 6.07) is 5.84. The SMILES string of the molecule is CN(CCc1ccc2c(c1)OCCCO2)C(=O)CO. The van der Waals surface area contributed by atoms with E-state index in [9.17, 15) is 4.79 Å². The van der Waals surface area contributed by atoms with Gasteiger partial charge in [0.2, 0.25) is 5.91 Å². The van der Waals surface area contributed by atoms with Crippen LogP contribution in [0.5, 0.6) is 11.5 Å². The lowest BCUT2D eigenvalue weighted by molar-refractivity contribution is -0.132. The Morgan fingerprint density at radius 3 is 2.79 bits per heavy atom. The van der Waals surface area contributed by atoms with Crippen LogP contribution >= 0.6 is 0 Å². The van der Waals surface area contributed by atoms with Crippen LogP contribution in [0.1, 0.15) is 12.0 Å². The highest BCUT2D eigenvalue weighted by Crippen LogP contribution is 2.30. The summed E-state index contributed by atoms with van der Waals surface area (Å²) >= 11 is 0. The molecular weight excluding hydrogens is 246 g/mol. The van der Waals surface area contributed by atoms with E-state index in [2.05, 4.69) is 0 Å². The van der Waals surface area contributed by atoms with Gasteiger partial charge in [-0.1, -0.05) is 6.07 Å². The Hall–Kier alpha value is -1.75. The number of rotatable bonds is 4. The van der Waals surface area contributed by atoms with Crippen LogP contribution in [-0.2, 0) is 11.2 Å². The van der Waals surface area contributed by atoms with Crippen molar-refractivity contribution in [1.82, 2.24) is 4.90 Å². The smallest absolute Gasteiger partial charge is 0.248 e. The second-order valence-electron chi connectivity index (χ2n) is 4.55. The lowest BCUT2D eigenvalue weighted by Crippen LogP contribution is -2.31. The number of benzene rings is 1. The molecule has 0 saturated heterocycles. The van der Waals surface area contributed by atoms with Gasteiger partial charge in [0.25, 0.3) is 0 Å². The van der Waals surface area contributed by atoms with Crippen LogP contribution in [0.3, 0.4) is 0 Å². The Bertz CT molecular complexity index is 447. The van der Waals surface area contributed by atoms with Gasteiger partial charge in [-0.2, -0.15) is 0 Å². The maximum atomic E-state index is 11.2. The second kappa shape index (κ2) is 6.43. The summed E-state index contributed by atoms with van der Waals surface area (Å²) in [7, 11) is 1.68. The van der Waals surface area contributed by atoms with E-state index in [0.717, 1.165) is 29.9 Å². The molecule has 5 nitrogen and oxygen atoms in total. The molecular formula is C14H19NO4. The van der Waals surface area contributed by atoms with Gasteiger partial charge in [0.1, 0.15) is 6.61 Å². The zero-order chi connectivity index (χ0) is 13.7. The maximum Gasteiger partial charge on any atom is 0.248 e. The van der Waals surface area contributed by atoms with E-state index in [1.165, 1.54) is 4.90 Å². The van der Waals surface area contributed by atoms with Crippen LogP contribution in [-0.4, -0.2) is 49.3 Å². The lowest BCUT2D eigenvalue weighted by Gasteiger charge is -2.16. The van der Waals surface area contributed by atoms with Crippen molar-refractivity contribution in [3.05, 3.63) is 23.8 Å². The van der Waals surface area contributed by atoms with E-state index in [4.69, 9.17) is 14.6 Å². The number of carbonyl (C=O) groups is 1. The average molecular weight is 265 g/mol. The van der Waals surface area contributed by atoms with Gasteiger partial charge in [0.15, 0.2) is 11.5 Å². The zero-order valence-corrected chi connectivity index (χ0v) is 11.1. The summed E-state index contributed by atoms with van der Waals surface area (Å²) in [4.78, 5) is 12.8. The summed E-state index contributed by atoms with van der Waals surface area (Å²) in [6.45, 7) is 1.47. The predicted molar refractivity (Wildman–Crippen MR) is 70.5 cm³/mol. The third-order valence-electron chi connectivity index (χ3n) is 3.11. The molecule has 2 rings (SSSR count). The number of aliphatic hydroxyl groups is 1. The number of hydrogen-bond acceptors (Lipinski definition) is 4. The molecule has 1 N–H and O–H groups in total. The molecule has 0 saturated carbocycles. The van der Waals surface area contributed by atoms with E-state index < -0.39 is 6.61 Å². The molecule has 0 spiro atoms. The quantitative estimate of drug-likeness (QED) is 0.876. The Balaban J connectivity index is 1.98. The molecule has 1 heterocycles. The molecule has 19 heavy (non-hydrogen) atoms. The molecule has 0 aromatic heterocycles. The molecule has 104 valence electrons. The van der Waals surface area contributed by atoms with Crippen molar-refractivity contribution >= 4 is 5.91 Å². The molecule has 0 atom stereocenters. The van der Waals surface area contributed by atoms with Gasteiger partial charge in [-0.15, -0.1) is 0 Å². The number of amides is 1. The minimum Gasteiger partial charge on any atom is -0.490 e. The van der Waals surface area contributed by atoms with Gasteiger partial charge in [-0.3, -0.25) is 4.79 Å². The minimum absolute atomic E-state index is 0.269. The van der Waals surface area contributed by atoms with E-state index in [1.54, 1.807) is 7.05 Å². The number of likely N-dealkylation sites (N-methyl/N-ethyl adjacent to an activating group) is 1. The molecule has 1 aromatic rings. The molecule has 0 radical (unpaired) electrons. The van der Waals surface area contributed by atoms with Crippen LogP contribution in [0.2, 0.25) is 0 Å². The van der Waals surface area contributed by atoms with Crippen LogP contribution in [0.4, 0.5) is 0 Å². The van der Waals surface area contributed by atoms with Gasteiger partial charge in [0, 0.05) is 20.0 Å². The minimum atomic E-state index is -0.447. The van der Waals surface area contributed by atoms with Crippen LogP contribution in [0.25, 0.3) is 0 Å². The van der Waals surface area contributed by atoms with Crippen molar-refractivity contribution in [2.45, 2.75) is 12.8 Å². The lowest BCUT2D eigenvalue weighted by atomic mass is 10.1. The number of ether oxygens (including phenoxy) is 2. The highest BCUT2D eigenvalue weighted by atomic mass is 16.5. The van der Waals surface area contributed by atoms with Gasteiger partial charge in [-0.05, 0) is 24.1 Å². The van der Waals surface area contributed by atoms with E-state index in [1.807, 2.05) is 18.2 Å². The van der Waals surface area contributed by atoms with Crippen LogP contribution in [0, 0.1) is 0 Å². The molecule has 1 aliphatic rings. The predicted octanol–water partition coefficient (Wildman–Crippen LogP) is 0.841. The Morgan fingerprint density at radius 1 is 1.32 bits per heavy atom. The molecule has 0 unspecified atom stereocenters. The molecule has 1 amide bonds. The Morgan fingerprint density at radius 2 is 2.05 bits per heavy atom. The molecule has 0 aliphatic carbocycles. The summed E-state index contributed by atoms with van der Waals surface area (Å²) in [6.07, 6.45) is 1.61. The summed E-state index contributed by atoms with van der Waals surface area (Å²) in [5.74, 6) is 1.28.